The Morgan fingerprint density at radius 3 is 2.73 bits per heavy atom. The molecule has 62 valence electrons. The van der Waals surface area contributed by atoms with E-state index in [-0.39, 0.29) is 13.2 Å². The van der Waals surface area contributed by atoms with Crippen LogP contribution in [-0.2, 0) is 9.53 Å². The van der Waals surface area contributed by atoms with Gasteiger partial charge in [0.25, 0.3) is 0 Å². The highest BCUT2D eigenvalue weighted by atomic mass is 16.5. The van der Waals surface area contributed by atoms with Crippen LogP contribution in [0.15, 0.2) is 24.3 Å². The van der Waals surface area contributed by atoms with Gasteiger partial charge >= 0.3 is 5.97 Å². The Labute approximate surface area is 66.0 Å². The van der Waals surface area contributed by atoms with Crippen LogP contribution in [-0.4, -0.2) is 24.3 Å². The first-order chi connectivity index (χ1) is 5.18. The molecule has 1 N–H and O–H groups in total. The maximum absolute atomic E-state index is 10.7. The summed E-state index contributed by atoms with van der Waals surface area (Å²) in [5, 5.41) is 8.30. The summed E-state index contributed by atoms with van der Waals surface area (Å²) >= 11 is 0. The van der Waals surface area contributed by atoms with Crippen LogP contribution in [0.5, 0.6) is 0 Å². The van der Waals surface area contributed by atoms with Gasteiger partial charge in [-0.3, -0.25) is 0 Å². The minimum Gasteiger partial charge on any atom is -0.458 e. The van der Waals surface area contributed by atoms with Gasteiger partial charge < -0.3 is 9.84 Å². The summed E-state index contributed by atoms with van der Waals surface area (Å²) in [5.74, 6) is -0.410. The van der Waals surface area contributed by atoms with E-state index in [1.807, 2.05) is 0 Å². The van der Waals surface area contributed by atoms with Crippen LogP contribution in [0.4, 0.5) is 0 Å². The van der Waals surface area contributed by atoms with E-state index in [4.69, 9.17) is 5.11 Å². The number of aliphatic hydroxyl groups excluding tert-OH is 1. The first-order valence-electron chi connectivity index (χ1n) is 3.27. The predicted octanol–water partition coefficient (Wildman–Crippen LogP) is 0.654. The van der Waals surface area contributed by atoms with Crippen LogP contribution < -0.4 is 0 Å². The van der Waals surface area contributed by atoms with Gasteiger partial charge in [-0.2, -0.15) is 0 Å². The van der Waals surface area contributed by atoms with Gasteiger partial charge in [-0.25, -0.2) is 4.79 Å². The first-order valence-corrected chi connectivity index (χ1v) is 3.27. The van der Waals surface area contributed by atoms with Crippen LogP contribution in [0.2, 0.25) is 0 Å². The molecule has 3 nitrogen and oxygen atoms in total. The Morgan fingerprint density at radius 1 is 1.64 bits per heavy atom. The SMILES string of the molecule is C=C(C)C(=O)OC/C=C\CO. The highest BCUT2D eigenvalue weighted by Crippen LogP contribution is 1.91. The third kappa shape index (κ3) is 5.36. The molecule has 0 radical (unpaired) electrons. The van der Waals surface area contributed by atoms with E-state index in [0.29, 0.717) is 5.57 Å². The second-order valence-electron chi connectivity index (χ2n) is 2.03. The molecule has 0 saturated carbocycles. The Bertz CT molecular complexity index is 170. The molecule has 11 heavy (non-hydrogen) atoms. The van der Waals surface area contributed by atoms with Crippen molar-refractivity contribution in [3.05, 3.63) is 24.3 Å². The zero-order chi connectivity index (χ0) is 8.69. The second-order valence-corrected chi connectivity index (χ2v) is 2.03. The van der Waals surface area contributed by atoms with Crippen molar-refractivity contribution in [3.8, 4) is 0 Å². The van der Waals surface area contributed by atoms with Crippen molar-refractivity contribution in [3.63, 3.8) is 0 Å². The van der Waals surface area contributed by atoms with E-state index in [1.54, 1.807) is 13.0 Å². The maximum Gasteiger partial charge on any atom is 0.333 e. The minimum absolute atomic E-state index is 0.0371. The lowest BCUT2D eigenvalue weighted by Crippen LogP contribution is -2.04. The van der Waals surface area contributed by atoms with E-state index in [0.717, 1.165) is 0 Å². The molecule has 0 unspecified atom stereocenters. The van der Waals surface area contributed by atoms with Crippen LogP contribution in [0.3, 0.4) is 0 Å². The molecule has 3 heteroatoms. The van der Waals surface area contributed by atoms with Gasteiger partial charge in [0.15, 0.2) is 0 Å². The predicted molar refractivity (Wildman–Crippen MR) is 42.0 cm³/mol. The third-order valence-electron chi connectivity index (χ3n) is 0.931. The van der Waals surface area contributed by atoms with E-state index in [2.05, 4.69) is 11.3 Å². The van der Waals surface area contributed by atoms with Crippen molar-refractivity contribution in [2.75, 3.05) is 13.2 Å². The van der Waals surface area contributed by atoms with Gasteiger partial charge in [0.1, 0.15) is 6.61 Å². The molecule has 0 rings (SSSR count). The monoisotopic (exact) mass is 156 g/mol. The maximum atomic E-state index is 10.7. The second kappa shape index (κ2) is 5.68. The molecule has 0 aliphatic heterocycles. The molecule has 0 aromatic heterocycles. The summed E-state index contributed by atoms with van der Waals surface area (Å²) in [4.78, 5) is 10.7. The summed E-state index contributed by atoms with van der Waals surface area (Å²) in [6.45, 7) is 5.14. The van der Waals surface area contributed by atoms with Gasteiger partial charge in [-0.15, -0.1) is 0 Å². The molecule has 0 bridgehead atoms. The fourth-order valence-electron chi connectivity index (χ4n) is 0.390. The molecule has 0 atom stereocenters. The van der Waals surface area contributed by atoms with Crippen LogP contribution >= 0.6 is 0 Å². The van der Waals surface area contributed by atoms with Gasteiger partial charge in [0.05, 0.1) is 6.61 Å². The Kier molecular flexibility index (Phi) is 5.11. The largest absolute Gasteiger partial charge is 0.458 e. The summed E-state index contributed by atoms with van der Waals surface area (Å²) in [6.07, 6.45) is 3.08. The van der Waals surface area contributed by atoms with Crippen molar-refractivity contribution in [2.24, 2.45) is 0 Å². The molecule has 0 aliphatic rings. The molecule has 0 heterocycles. The highest BCUT2D eigenvalue weighted by Gasteiger charge is 1.99. The van der Waals surface area contributed by atoms with Gasteiger partial charge in [0, 0.05) is 5.57 Å². The lowest BCUT2D eigenvalue weighted by atomic mass is 10.4. The summed E-state index contributed by atoms with van der Waals surface area (Å²) in [7, 11) is 0. The molecule has 0 saturated heterocycles. The number of aliphatic hydroxyl groups is 1. The molecule has 0 spiro atoms. The topological polar surface area (TPSA) is 46.5 Å². The third-order valence-corrected chi connectivity index (χ3v) is 0.931. The van der Waals surface area contributed by atoms with E-state index >= 15 is 0 Å². The Balaban J connectivity index is 3.47. The molecule has 0 aliphatic carbocycles. The fourth-order valence-corrected chi connectivity index (χ4v) is 0.390. The molecule has 0 fully saturated rings. The quantitative estimate of drug-likeness (QED) is 0.369. The lowest BCUT2D eigenvalue weighted by molar-refractivity contribution is -0.137. The van der Waals surface area contributed by atoms with Crippen LogP contribution in [0.25, 0.3) is 0 Å². The molecular weight excluding hydrogens is 144 g/mol. The first kappa shape index (κ1) is 9.91. The van der Waals surface area contributed by atoms with Crippen molar-refractivity contribution in [1.82, 2.24) is 0 Å². The zero-order valence-corrected chi connectivity index (χ0v) is 6.54. The zero-order valence-electron chi connectivity index (χ0n) is 6.54. The number of carbonyl (C=O) groups excluding carboxylic acids is 1. The average Bonchev–Trinajstić information content (AvgIpc) is 1.97. The molecule has 0 aromatic carbocycles. The van der Waals surface area contributed by atoms with Gasteiger partial charge in [-0.05, 0) is 13.0 Å². The van der Waals surface area contributed by atoms with Gasteiger partial charge in [0.2, 0.25) is 0 Å². The summed E-state index contributed by atoms with van der Waals surface area (Å²) in [6, 6.07) is 0. The van der Waals surface area contributed by atoms with Crippen molar-refractivity contribution < 1.29 is 14.6 Å². The number of esters is 1. The average molecular weight is 156 g/mol. The molecule has 0 aromatic rings. The van der Waals surface area contributed by atoms with Crippen molar-refractivity contribution in [1.29, 1.82) is 0 Å². The van der Waals surface area contributed by atoms with E-state index in [1.165, 1.54) is 6.08 Å². The van der Waals surface area contributed by atoms with E-state index in [9.17, 15) is 4.79 Å². The summed E-state index contributed by atoms with van der Waals surface area (Å²) in [5.41, 5.74) is 0.377. The standard InChI is InChI=1S/C8H12O3/c1-7(2)8(10)11-6-4-3-5-9/h3-4,9H,1,5-6H2,2H3/b4-3-. The Morgan fingerprint density at radius 2 is 2.27 bits per heavy atom. The normalized spacial score (nSPS) is 10.0. The molecular formula is C8H12O3. The number of hydrogen-bond donors (Lipinski definition) is 1. The van der Waals surface area contributed by atoms with Gasteiger partial charge in [-0.1, -0.05) is 12.7 Å². The van der Waals surface area contributed by atoms with Crippen molar-refractivity contribution in [2.45, 2.75) is 6.92 Å². The number of hydrogen-bond acceptors (Lipinski definition) is 3. The molecule has 0 amide bonds. The number of ether oxygens (including phenoxy) is 1. The van der Waals surface area contributed by atoms with Crippen LogP contribution in [0, 0.1) is 0 Å². The fraction of sp³-hybridized carbons (Fsp3) is 0.375. The highest BCUT2D eigenvalue weighted by molar-refractivity contribution is 5.86. The number of carbonyl (C=O) groups is 1. The summed E-state index contributed by atoms with van der Waals surface area (Å²) < 4.78 is 4.67. The number of rotatable bonds is 4. The van der Waals surface area contributed by atoms with Crippen LogP contribution in [0.1, 0.15) is 6.92 Å². The minimum atomic E-state index is -0.410. The smallest absolute Gasteiger partial charge is 0.333 e. The lowest BCUT2D eigenvalue weighted by Gasteiger charge is -1.98. The van der Waals surface area contributed by atoms with E-state index < -0.39 is 5.97 Å². The Hall–Kier alpha value is -1.09. The van der Waals surface area contributed by atoms with Crippen molar-refractivity contribution >= 4 is 5.97 Å².